The normalized spacial score (nSPS) is 10.6. The highest BCUT2D eigenvalue weighted by Gasteiger charge is 2.15. The Hall–Kier alpha value is -3.93. The quantitative estimate of drug-likeness (QED) is 0.442. The van der Waals surface area contributed by atoms with Crippen molar-refractivity contribution in [3.05, 3.63) is 90.3 Å². The lowest BCUT2D eigenvalue weighted by molar-refractivity contribution is -0.130. The van der Waals surface area contributed by atoms with E-state index in [-0.39, 0.29) is 12.5 Å². The Bertz CT molecular complexity index is 1140. The SMILES string of the molecule is COc1ccc(-c2noc(CN(C)C(=O)Cc3ccc(-c4ccccc4)cc3)n2)cc1. The molecular weight excluding hydrogens is 390 g/mol. The molecule has 0 aliphatic carbocycles. The van der Waals surface area contributed by atoms with Crippen LogP contribution in [0.2, 0.25) is 0 Å². The number of ether oxygens (including phenoxy) is 1. The molecule has 0 bridgehead atoms. The summed E-state index contributed by atoms with van der Waals surface area (Å²) in [5, 5.41) is 4.01. The van der Waals surface area contributed by atoms with Crippen molar-refractivity contribution < 1.29 is 14.1 Å². The molecule has 1 heterocycles. The molecule has 0 saturated heterocycles. The second-order valence-electron chi connectivity index (χ2n) is 7.23. The van der Waals surface area contributed by atoms with Crippen LogP contribution in [-0.4, -0.2) is 35.1 Å². The Balaban J connectivity index is 1.36. The van der Waals surface area contributed by atoms with Crippen LogP contribution in [0.3, 0.4) is 0 Å². The number of hydrogen-bond acceptors (Lipinski definition) is 5. The van der Waals surface area contributed by atoms with Gasteiger partial charge in [0.25, 0.3) is 0 Å². The third kappa shape index (κ3) is 4.98. The third-order valence-corrected chi connectivity index (χ3v) is 5.03. The molecule has 0 saturated carbocycles. The van der Waals surface area contributed by atoms with E-state index in [9.17, 15) is 4.79 Å². The Kier molecular flexibility index (Phi) is 6.08. The van der Waals surface area contributed by atoms with Gasteiger partial charge in [-0.3, -0.25) is 4.79 Å². The van der Waals surface area contributed by atoms with Gasteiger partial charge in [-0.1, -0.05) is 59.8 Å². The van der Waals surface area contributed by atoms with Gasteiger partial charge < -0.3 is 14.2 Å². The minimum absolute atomic E-state index is 0.0170. The Morgan fingerprint density at radius 3 is 2.23 bits per heavy atom. The highest BCUT2D eigenvalue weighted by Crippen LogP contribution is 2.21. The van der Waals surface area contributed by atoms with Crippen LogP contribution in [0.15, 0.2) is 83.4 Å². The number of carbonyl (C=O) groups excluding carboxylic acids is 1. The first-order valence-corrected chi connectivity index (χ1v) is 9.98. The Morgan fingerprint density at radius 2 is 1.55 bits per heavy atom. The van der Waals surface area contributed by atoms with Crippen LogP contribution >= 0.6 is 0 Å². The molecule has 0 spiro atoms. The number of methoxy groups -OCH3 is 1. The van der Waals surface area contributed by atoms with Gasteiger partial charge in [0.05, 0.1) is 20.1 Å². The summed E-state index contributed by atoms with van der Waals surface area (Å²) < 4.78 is 10.5. The van der Waals surface area contributed by atoms with E-state index in [1.807, 2.05) is 66.7 Å². The van der Waals surface area contributed by atoms with Gasteiger partial charge in [-0.2, -0.15) is 4.98 Å². The van der Waals surface area contributed by atoms with E-state index < -0.39 is 0 Å². The van der Waals surface area contributed by atoms with Gasteiger partial charge in [0.2, 0.25) is 17.6 Å². The van der Waals surface area contributed by atoms with E-state index in [1.54, 1.807) is 19.1 Å². The van der Waals surface area contributed by atoms with Crippen LogP contribution in [0.5, 0.6) is 5.75 Å². The first-order valence-electron chi connectivity index (χ1n) is 9.98. The summed E-state index contributed by atoms with van der Waals surface area (Å²) >= 11 is 0. The molecule has 0 N–H and O–H groups in total. The molecule has 0 radical (unpaired) electrons. The number of likely N-dealkylation sites (N-methyl/N-ethyl adjacent to an activating group) is 1. The fourth-order valence-electron chi connectivity index (χ4n) is 3.22. The largest absolute Gasteiger partial charge is 0.497 e. The zero-order valence-electron chi connectivity index (χ0n) is 17.5. The molecule has 4 aromatic rings. The molecule has 31 heavy (non-hydrogen) atoms. The maximum absolute atomic E-state index is 12.6. The minimum Gasteiger partial charge on any atom is -0.497 e. The predicted octanol–water partition coefficient (Wildman–Crippen LogP) is 4.61. The van der Waals surface area contributed by atoms with Gasteiger partial charge in [0.15, 0.2) is 0 Å². The van der Waals surface area contributed by atoms with E-state index in [0.717, 1.165) is 28.0 Å². The van der Waals surface area contributed by atoms with Crippen LogP contribution in [0.1, 0.15) is 11.5 Å². The summed E-state index contributed by atoms with van der Waals surface area (Å²) in [5.74, 6) is 1.61. The average Bonchev–Trinajstić information content (AvgIpc) is 3.28. The molecular formula is C25H23N3O3. The second kappa shape index (κ2) is 9.26. The maximum Gasteiger partial charge on any atom is 0.246 e. The van der Waals surface area contributed by atoms with Gasteiger partial charge in [-0.25, -0.2) is 0 Å². The van der Waals surface area contributed by atoms with E-state index >= 15 is 0 Å². The van der Waals surface area contributed by atoms with E-state index in [2.05, 4.69) is 22.3 Å². The van der Waals surface area contributed by atoms with Crippen LogP contribution in [0.4, 0.5) is 0 Å². The van der Waals surface area contributed by atoms with Crippen molar-refractivity contribution in [3.8, 4) is 28.3 Å². The number of hydrogen-bond donors (Lipinski definition) is 0. The van der Waals surface area contributed by atoms with Crippen LogP contribution < -0.4 is 4.74 Å². The molecule has 0 atom stereocenters. The molecule has 3 aromatic carbocycles. The fourth-order valence-corrected chi connectivity index (χ4v) is 3.22. The Labute approximate surface area is 181 Å². The molecule has 156 valence electrons. The number of aromatic nitrogens is 2. The van der Waals surface area contributed by atoms with Gasteiger partial charge in [0.1, 0.15) is 5.75 Å². The van der Waals surface area contributed by atoms with Gasteiger partial charge in [0, 0.05) is 12.6 Å². The lowest BCUT2D eigenvalue weighted by Gasteiger charge is -2.15. The summed E-state index contributed by atoms with van der Waals surface area (Å²) in [6.07, 6.45) is 0.311. The summed E-state index contributed by atoms with van der Waals surface area (Å²) in [6, 6.07) is 25.6. The van der Waals surface area contributed by atoms with Gasteiger partial charge in [-0.05, 0) is 41.0 Å². The zero-order chi connectivity index (χ0) is 21.6. The average molecular weight is 413 g/mol. The van der Waals surface area contributed by atoms with Crippen molar-refractivity contribution in [3.63, 3.8) is 0 Å². The highest BCUT2D eigenvalue weighted by molar-refractivity contribution is 5.78. The molecule has 0 unspecified atom stereocenters. The minimum atomic E-state index is -0.0170. The third-order valence-electron chi connectivity index (χ3n) is 5.03. The second-order valence-corrected chi connectivity index (χ2v) is 7.23. The van der Waals surface area contributed by atoms with Crippen LogP contribution in [0, 0.1) is 0 Å². The molecule has 0 fully saturated rings. The van der Waals surface area contributed by atoms with Crippen molar-refractivity contribution in [1.29, 1.82) is 0 Å². The van der Waals surface area contributed by atoms with E-state index in [0.29, 0.717) is 18.1 Å². The molecule has 0 aliphatic heterocycles. The summed E-state index contributed by atoms with van der Waals surface area (Å²) in [5.41, 5.74) is 4.06. The smallest absolute Gasteiger partial charge is 0.246 e. The van der Waals surface area contributed by atoms with Crippen molar-refractivity contribution in [2.45, 2.75) is 13.0 Å². The van der Waals surface area contributed by atoms with Crippen molar-refractivity contribution in [2.75, 3.05) is 14.2 Å². The highest BCUT2D eigenvalue weighted by atomic mass is 16.5. The molecule has 1 amide bonds. The number of amides is 1. The number of nitrogens with zero attached hydrogens (tertiary/aromatic N) is 3. The lowest BCUT2D eigenvalue weighted by atomic mass is 10.0. The summed E-state index contributed by atoms with van der Waals surface area (Å²) in [7, 11) is 3.35. The first-order chi connectivity index (χ1) is 15.1. The molecule has 6 heteroatoms. The van der Waals surface area contributed by atoms with Gasteiger partial charge in [-0.15, -0.1) is 0 Å². The van der Waals surface area contributed by atoms with E-state index in [4.69, 9.17) is 9.26 Å². The standard InChI is InChI=1S/C25H23N3O3/c1-28(17-23-26-25(27-31-23)21-12-14-22(30-2)15-13-21)24(29)16-18-8-10-20(11-9-18)19-6-4-3-5-7-19/h3-15H,16-17H2,1-2H3. The summed E-state index contributed by atoms with van der Waals surface area (Å²) in [4.78, 5) is 18.6. The predicted molar refractivity (Wildman–Crippen MR) is 118 cm³/mol. The number of rotatable bonds is 7. The van der Waals surface area contributed by atoms with Crippen LogP contribution in [-0.2, 0) is 17.8 Å². The number of carbonyl (C=O) groups is 1. The van der Waals surface area contributed by atoms with Crippen molar-refractivity contribution in [1.82, 2.24) is 15.0 Å². The zero-order valence-corrected chi connectivity index (χ0v) is 17.5. The molecule has 1 aromatic heterocycles. The fraction of sp³-hybridized carbons (Fsp3) is 0.160. The lowest BCUT2D eigenvalue weighted by Crippen LogP contribution is -2.27. The summed E-state index contributed by atoms with van der Waals surface area (Å²) in [6.45, 7) is 0.254. The molecule has 0 aliphatic rings. The van der Waals surface area contributed by atoms with Crippen molar-refractivity contribution in [2.24, 2.45) is 0 Å². The monoisotopic (exact) mass is 413 g/mol. The van der Waals surface area contributed by atoms with E-state index in [1.165, 1.54) is 0 Å². The van der Waals surface area contributed by atoms with Crippen LogP contribution in [0.25, 0.3) is 22.5 Å². The molecule has 6 nitrogen and oxygen atoms in total. The van der Waals surface area contributed by atoms with Gasteiger partial charge >= 0.3 is 0 Å². The van der Waals surface area contributed by atoms with Crippen molar-refractivity contribution >= 4 is 5.91 Å². The first kappa shape index (κ1) is 20.3. The number of benzene rings is 3. The Morgan fingerprint density at radius 1 is 0.903 bits per heavy atom. The topological polar surface area (TPSA) is 68.5 Å². The maximum atomic E-state index is 12.6. The molecule has 4 rings (SSSR count).